The second-order valence-electron chi connectivity index (χ2n) is 5.77. The third-order valence-corrected chi connectivity index (χ3v) is 3.53. The highest BCUT2D eigenvalue weighted by atomic mass is 28.4. The van der Waals surface area contributed by atoms with E-state index in [1.165, 1.54) is 11.1 Å². The Morgan fingerprint density at radius 3 is 2.24 bits per heavy atom. The van der Waals surface area contributed by atoms with Crippen molar-refractivity contribution in [1.29, 1.82) is 0 Å². The summed E-state index contributed by atoms with van der Waals surface area (Å²) in [5.41, 5.74) is 2.66. The highest BCUT2D eigenvalue weighted by Gasteiger charge is 2.18. The molecule has 94 valence electrons. The monoisotopic (exact) mass is 248 g/mol. The molecule has 2 heteroatoms. The molecule has 0 aliphatic heterocycles. The molecule has 0 fully saturated rings. The molecule has 0 radical (unpaired) electrons. The summed E-state index contributed by atoms with van der Waals surface area (Å²) in [6.45, 7) is 14.9. The first kappa shape index (κ1) is 14.0. The van der Waals surface area contributed by atoms with Gasteiger partial charge in [-0.05, 0) is 38.0 Å². The van der Waals surface area contributed by atoms with Gasteiger partial charge in [-0.15, -0.1) is 0 Å². The molecule has 17 heavy (non-hydrogen) atoms. The Hall–Kier alpha value is -1.02. The predicted molar refractivity (Wildman–Crippen MR) is 77.8 cm³/mol. The van der Waals surface area contributed by atoms with E-state index in [-0.39, 0.29) is 0 Å². The second kappa shape index (κ2) is 5.54. The van der Waals surface area contributed by atoms with Crippen LogP contribution in [0.25, 0.3) is 0 Å². The Morgan fingerprint density at radius 1 is 1.24 bits per heavy atom. The molecule has 0 bridgehead atoms. The average molecular weight is 248 g/mol. The summed E-state index contributed by atoms with van der Waals surface area (Å²) in [5, 5.41) is 0. The molecule has 1 unspecified atom stereocenters. The van der Waals surface area contributed by atoms with E-state index in [0.717, 1.165) is 12.2 Å². The zero-order valence-electron chi connectivity index (χ0n) is 11.7. The van der Waals surface area contributed by atoms with E-state index in [4.69, 9.17) is 4.43 Å². The van der Waals surface area contributed by atoms with Gasteiger partial charge in [0.1, 0.15) is 0 Å². The van der Waals surface area contributed by atoms with Crippen molar-refractivity contribution in [2.75, 3.05) is 0 Å². The number of aryl methyl sites for hydroxylation is 1. The Morgan fingerprint density at radius 2 is 1.76 bits per heavy atom. The number of rotatable bonds is 5. The third-order valence-electron chi connectivity index (χ3n) is 2.63. The van der Waals surface area contributed by atoms with Gasteiger partial charge in [-0.3, -0.25) is 0 Å². The smallest absolute Gasteiger partial charge is 0.241 e. The van der Waals surface area contributed by atoms with Crippen molar-refractivity contribution in [3.63, 3.8) is 0 Å². The van der Waals surface area contributed by atoms with E-state index in [9.17, 15) is 0 Å². The highest BCUT2D eigenvalue weighted by Crippen LogP contribution is 2.24. The van der Waals surface area contributed by atoms with Crippen molar-refractivity contribution >= 4 is 8.32 Å². The van der Waals surface area contributed by atoms with Gasteiger partial charge in [-0.25, -0.2) is 0 Å². The van der Waals surface area contributed by atoms with Gasteiger partial charge in [0.05, 0.1) is 5.76 Å². The Labute approximate surface area is 107 Å². The maximum absolute atomic E-state index is 5.90. The van der Waals surface area contributed by atoms with Crippen molar-refractivity contribution in [2.24, 2.45) is 0 Å². The first-order chi connectivity index (χ1) is 7.78. The van der Waals surface area contributed by atoms with Crippen molar-refractivity contribution in [1.82, 2.24) is 0 Å². The number of hydrogen-bond donors (Lipinski definition) is 0. The molecular formula is C15H24OSi. The van der Waals surface area contributed by atoms with Gasteiger partial charge in [0.15, 0.2) is 0 Å². The van der Waals surface area contributed by atoms with E-state index >= 15 is 0 Å². The first-order valence-corrected chi connectivity index (χ1v) is 9.62. The zero-order valence-corrected chi connectivity index (χ0v) is 12.7. The quantitative estimate of drug-likeness (QED) is 0.534. The normalized spacial score (nSPS) is 13.2. The van der Waals surface area contributed by atoms with Crippen LogP contribution in [0.2, 0.25) is 19.6 Å². The van der Waals surface area contributed by atoms with E-state index in [2.05, 4.69) is 64.3 Å². The van der Waals surface area contributed by atoms with Crippen molar-refractivity contribution in [3.05, 3.63) is 47.7 Å². The van der Waals surface area contributed by atoms with Gasteiger partial charge in [-0.2, -0.15) is 0 Å². The zero-order chi connectivity index (χ0) is 13.1. The Bertz CT molecular complexity index is 373. The molecule has 1 aromatic carbocycles. The summed E-state index contributed by atoms with van der Waals surface area (Å²) in [5.74, 6) is 1.40. The molecule has 0 saturated heterocycles. The number of benzene rings is 1. The fourth-order valence-corrected chi connectivity index (χ4v) is 2.78. The summed E-state index contributed by atoms with van der Waals surface area (Å²) < 4.78 is 5.90. The molecule has 0 aromatic heterocycles. The van der Waals surface area contributed by atoms with Crippen molar-refractivity contribution in [3.8, 4) is 0 Å². The van der Waals surface area contributed by atoms with E-state index in [1.54, 1.807) is 0 Å². The minimum atomic E-state index is -1.50. The van der Waals surface area contributed by atoms with Gasteiger partial charge in [-0.1, -0.05) is 43.3 Å². The minimum Gasteiger partial charge on any atom is -0.548 e. The lowest BCUT2D eigenvalue weighted by molar-refractivity contribution is 0.391. The van der Waals surface area contributed by atoms with Gasteiger partial charge < -0.3 is 4.43 Å². The molecule has 1 nitrogen and oxygen atoms in total. The Balaban J connectivity index is 2.57. The second-order valence-corrected chi connectivity index (χ2v) is 10.2. The third kappa shape index (κ3) is 5.22. The van der Waals surface area contributed by atoms with E-state index in [1.807, 2.05) is 0 Å². The molecule has 0 N–H and O–H groups in total. The average Bonchev–Trinajstić information content (AvgIpc) is 2.15. The lowest BCUT2D eigenvalue weighted by Gasteiger charge is -2.23. The molecule has 1 aromatic rings. The fraction of sp³-hybridized carbons (Fsp3) is 0.467. The van der Waals surface area contributed by atoms with Gasteiger partial charge in [0.25, 0.3) is 0 Å². The molecular weight excluding hydrogens is 224 g/mol. The predicted octanol–water partition coefficient (Wildman–Crippen LogP) is 4.85. The molecule has 0 amide bonds. The fourth-order valence-electron chi connectivity index (χ4n) is 1.83. The lowest BCUT2D eigenvalue weighted by Crippen LogP contribution is -2.24. The van der Waals surface area contributed by atoms with Crippen molar-refractivity contribution < 1.29 is 4.43 Å². The number of allylic oxidation sites excluding steroid dienone is 1. The van der Waals surface area contributed by atoms with Crippen molar-refractivity contribution in [2.45, 2.75) is 45.8 Å². The van der Waals surface area contributed by atoms with Crippen LogP contribution in [-0.4, -0.2) is 8.32 Å². The Kier molecular flexibility index (Phi) is 4.58. The lowest BCUT2D eigenvalue weighted by atomic mass is 9.96. The van der Waals surface area contributed by atoms with Crippen LogP contribution in [0.1, 0.15) is 30.4 Å². The van der Waals surface area contributed by atoms with E-state index < -0.39 is 8.32 Å². The van der Waals surface area contributed by atoms with Crippen LogP contribution in [0, 0.1) is 6.92 Å². The van der Waals surface area contributed by atoms with Crippen LogP contribution in [0.3, 0.4) is 0 Å². The number of hydrogen-bond acceptors (Lipinski definition) is 1. The molecule has 0 spiro atoms. The van der Waals surface area contributed by atoms with Crippen LogP contribution in [0.15, 0.2) is 36.6 Å². The first-order valence-electron chi connectivity index (χ1n) is 6.21. The summed E-state index contributed by atoms with van der Waals surface area (Å²) >= 11 is 0. The topological polar surface area (TPSA) is 9.23 Å². The molecule has 0 saturated carbocycles. The van der Waals surface area contributed by atoms with E-state index in [0.29, 0.717) is 5.92 Å². The summed E-state index contributed by atoms with van der Waals surface area (Å²) in [6, 6.07) is 8.71. The summed E-state index contributed by atoms with van der Waals surface area (Å²) in [6.07, 6.45) is 0.910. The van der Waals surface area contributed by atoms with Crippen LogP contribution < -0.4 is 0 Å². The van der Waals surface area contributed by atoms with Crippen LogP contribution in [0.5, 0.6) is 0 Å². The minimum absolute atomic E-state index is 0.472. The molecule has 0 heterocycles. The maximum Gasteiger partial charge on any atom is 0.241 e. The largest absolute Gasteiger partial charge is 0.548 e. The SMILES string of the molecule is C=C(CC(C)c1ccc(C)cc1)O[Si](C)(C)C. The molecule has 0 aliphatic rings. The standard InChI is InChI=1S/C15H24OSi/c1-12-7-9-15(10-8-12)13(2)11-14(3)16-17(4,5)6/h7-10,13H,3,11H2,1-2,4-6H3. The van der Waals surface area contributed by atoms with Gasteiger partial charge in [0, 0.05) is 6.42 Å². The molecule has 0 aliphatic carbocycles. The molecule has 1 rings (SSSR count). The summed E-state index contributed by atoms with van der Waals surface area (Å²) in [4.78, 5) is 0. The van der Waals surface area contributed by atoms with Crippen LogP contribution in [-0.2, 0) is 4.43 Å². The maximum atomic E-state index is 5.90. The summed E-state index contributed by atoms with van der Waals surface area (Å²) in [7, 11) is -1.50. The van der Waals surface area contributed by atoms with Gasteiger partial charge in [0.2, 0.25) is 8.32 Å². The van der Waals surface area contributed by atoms with Crippen LogP contribution >= 0.6 is 0 Å². The highest BCUT2D eigenvalue weighted by molar-refractivity contribution is 6.70. The molecule has 1 atom stereocenters. The van der Waals surface area contributed by atoms with Gasteiger partial charge >= 0.3 is 0 Å². The van der Waals surface area contributed by atoms with Crippen LogP contribution in [0.4, 0.5) is 0 Å².